The lowest BCUT2D eigenvalue weighted by Crippen LogP contribution is -2.51. The normalized spacial score (nSPS) is 25.5. The maximum absolute atomic E-state index is 12.5. The van der Waals surface area contributed by atoms with Gasteiger partial charge >= 0.3 is 0 Å². The van der Waals surface area contributed by atoms with Crippen LogP contribution in [0, 0.1) is 5.92 Å². The molecule has 1 saturated heterocycles. The van der Waals surface area contributed by atoms with Crippen LogP contribution < -0.4 is 5.73 Å². The van der Waals surface area contributed by atoms with Crippen molar-refractivity contribution in [3.8, 4) is 0 Å². The Morgan fingerprint density at radius 1 is 1.21 bits per heavy atom. The van der Waals surface area contributed by atoms with Gasteiger partial charge < -0.3 is 10.6 Å². The van der Waals surface area contributed by atoms with E-state index in [9.17, 15) is 13.2 Å². The van der Waals surface area contributed by atoms with Crippen LogP contribution in [-0.4, -0.2) is 55.8 Å². The molecule has 1 aromatic rings. The van der Waals surface area contributed by atoms with Gasteiger partial charge in [0.05, 0.1) is 4.34 Å². The minimum Gasteiger partial charge on any atom is -0.340 e. The second-order valence-corrected chi connectivity index (χ2v) is 9.94. The number of amides is 1. The second-order valence-electron chi connectivity index (χ2n) is 6.06. The van der Waals surface area contributed by atoms with Crippen molar-refractivity contribution in [2.75, 3.05) is 26.2 Å². The molecular weight excluding hydrogens is 393 g/mol. The summed E-state index contributed by atoms with van der Waals surface area (Å²) >= 11 is 6.88. The van der Waals surface area contributed by atoms with Gasteiger partial charge in [0.2, 0.25) is 5.91 Å². The molecule has 0 aromatic carbocycles. The average Bonchev–Trinajstić information content (AvgIpc) is 3.15. The minimum absolute atomic E-state index is 0. The van der Waals surface area contributed by atoms with Crippen LogP contribution in [0.3, 0.4) is 0 Å². The van der Waals surface area contributed by atoms with E-state index in [1.807, 2.05) is 0 Å². The van der Waals surface area contributed by atoms with Gasteiger partial charge in [-0.3, -0.25) is 4.79 Å². The van der Waals surface area contributed by atoms with Crippen LogP contribution in [0.4, 0.5) is 0 Å². The first-order chi connectivity index (χ1) is 10.9. The molecule has 1 aromatic heterocycles. The predicted octanol–water partition coefficient (Wildman–Crippen LogP) is 1.78. The third-order valence-corrected chi connectivity index (χ3v) is 8.11. The molecule has 2 N–H and O–H groups in total. The van der Waals surface area contributed by atoms with Crippen LogP contribution >= 0.6 is 35.3 Å². The zero-order valence-corrected chi connectivity index (χ0v) is 16.3. The fourth-order valence-corrected chi connectivity index (χ4v) is 6.27. The average molecular weight is 414 g/mol. The van der Waals surface area contributed by atoms with Crippen molar-refractivity contribution < 1.29 is 13.2 Å². The number of nitrogens with zero attached hydrogens (tertiary/aromatic N) is 2. The van der Waals surface area contributed by atoms with Crippen LogP contribution in [0.1, 0.15) is 19.3 Å². The lowest BCUT2D eigenvalue weighted by atomic mass is 10.1. The molecule has 2 unspecified atom stereocenters. The van der Waals surface area contributed by atoms with E-state index in [4.69, 9.17) is 17.3 Å². The third-order valence-electron chi connectivity index (χ3n) is 4.52. The Balaban J connectivity index is 0.00000208. The van der Waals surface area contributed by atoms with E-state index in [1.165, 1.54) is 10.4 Å². The summed E-state index contributed by atoms with van der Waals surface area (Å²) in [6.07, 6.45) is 2.47. The van der Waals surface area contributed by atoms with Crippen molar-refractivity contribution in [1.82, 2.24) is 9.21 Å². The molecule has 0 bridgehead atoms. The zero-order valence-electron chi connectivity index (χ0n) is 13.1. The van der Waals surface area contributed by atoms with Gasteiger partial charge in [0, 0.05) is 38.1 Å². The van der Waals surface area contributed by atoms with Gasteiger partial charge in [-0.25, -0.2) is 8.42 Å². The molecular formula is C14H21Cl2N3O3S2. The molecule has 0 spiro atoms. The van der Waals surface area contributed by atoms with Gasteiger partial charge in [-0.1, -0.05) is 11.6 Å². The van der Waals surface area contributed by atoms with Gasteiger partial charge in [0.1, 0.15) is 4.21 Å². The molecule has 2 atom stereocenters. The van der Waals surface area contributed by atoms with E-state index < -0.39 is 10.0 Å². The number of sulfonamides is 1. The summed E-state index contributed by atoms with van der Waals surface area (Å²) < 4.78 is 27.2. The number of carbonyl (C=O) groups excluding carboxylic acids is 1. The molecule has 2 fully saturated rings. The molecule has 2 aliphatic rings. The van der Waals surface area contributed by atoms with E-state index in [1.54, 1.807) is 11.0 Å². The van der Waals surface area contributed by atoms with E-state index in [0.29, 0.717) is 30.5 Å². The number of hydrogen-bond acceptors (Lipinski definition) is 5. The molecule has 6 nitrogen and oxygen atoms in total. The quantitative estimate of drug-likeness (QED) is 0.818. The van der Waals surface area contributed by atoms with Crippen molar-refractivity contribution in [2.24, 2.45) is 11.7 Å². The van der Waals surface area contributed by atoms with E-state index in [-0.39, 0.29) is 34.5 Å². The largest absolute Gasteiger partial charge is 0.340 e. The lowest BCUT2D eigenvalue weighted by molar-refractivity contribution is -0.136. The SMILES string of the molecule is Cl.NC1CCC(C(=O)N2CCN(S(=O)(=O)c3ccc(Cl)s3)CC2)C1. The first kappa shape index (κ1) is 19.9. The second kappa shape index (κ2) is 7.88. The maximum atomic E-state index is 12.5. The Labute approximate surface area is 157 Å². The molecule has 0 radical (unpaired) electrons. The van der Waals surface area contributed by atoms with Gasteiger partial charge in [-0.15, -0.1) is 23.7 Å². The van der Waals surface area contributed by atoms with Crippen molar-refractivity contribution >= 4 is 51.3 Å². The van der Waals surface area contributed by atoms with Crippen LogP contribution in [0.5, 0.6) is 0 Å². The Morgan fingerprint density at radius 3 is 2.38 bits per heavy atom. The Kier molecular flexibility index (Phi) is 6.55. The Hall–Kier alpha value is -0.380. The predicted molar refractivity (Wildman–Crippen MR) is 97.2 cm³/mol. The van der Waals surface area contributed by atoms with E-state index in [0.717, 1.165) is 30.6 Å². The fraction of sp³-hybridized carbons (Fsp3) is 0.643. The first-order valence-electron chi connectivity index (χ1n) is 7.68. The summed E-state index contributed by atoms with van der Waals surface area (Å²) in [6, 6.07) is 3.23. The summed E-state index contributed by atoms with van der Waals surface area (Å²) in [4.78, 5) is 14.2. The van der Waals surface area contributed by atoms with Crippen LogP contribution in [0.15, 0.2) is 16.3 Å². The van der Waals surface area contributed by atoms with Crippen molar-refractivity contribution in [3.05, 3.63) is 16.5 Å². The molecule has 1 amide bonds. The molecule has 136 valence electrons. The van der Waals surface area contributed by atoms with E-state index in [2.05, 4.69) is 0 Å². The molecule has 10 heteroatoms. The van der Waals surface area contributed by atoms with Gasteiger partial charge in [0.25, 0.3) is 10.0 Å². The highest BCUT2D eigenvalue weighted by atomic mass is 35.5. The molecule has 1 aliphatic carbocycles. The number of thiophene rings is 1. The number of piperazine rings is 1. The highest BCUT2D eigenvalue weighted by Gasteiger charge is 2.35. The molecule has 1 saturated carbocycles. The summed E-state index contributed by atoms with van der Waals surface area (Å²) in [5, 5.41) is 0. The van der Waals surface area contributed by atoms with E-state index >= 15 is 0 Å². The van der Waals surface area contributed by atoms with Crippen molar-refractivity contribution in [3.63, 3.8) is 0 Å². The third kappa shape index (κ3) is 4.05. The molecule has 1 aliphatic heterocycles. The molecule has 24 heavy (non-hydrogen) atoms. The summed E-state index contributed by atoms with van der Waals surface area (Å²) in [7, 11) is -3.51. The Bertz CT molecular complexity index is 687. The van der Waals surface area contributed by atoms with Crippen LogP contribution in [0.2, 0.25) is 4.34 Å². The first-order valence-corrected chi connectivity index (χ1v) is 10.3. The maximum Gasteiger partial charge on any atom is 0.252 e. The van der Waals surface area contributed by atoms with Crippen LogP contribution in [0.25, 0.3) is 0 Å². The number of halogens is 2. The van der Waals surface area contributed by atoms with Crippen molar-refractivity contribution in [1.29, 1.82) is 0 Å². The highest BCUT2D eigenvalue weighted by Crippen LogP contribution is 2.30. The van der Waals surface area contributed by atoms with Crippen LogP contribution in [-0.2, 0) is 14.8 Å². The van der Waals surface area contributed by atoms with Gasteiger partial charge in [-0.2, -0.15) is 4.31 Å². The number of rotatable bonds is 3. The Morgan fingerprint density at radius 2 is 1.88 bits per heavy atom. The lowest BCUT2D eigenvalue weighted by Gasteiger charge is -2.35. The fourth-order valence-electron chi connectivity index (χ4n) is 3.21. The highest BCUT2D eigenvalue weighted by molar-refractivity contribution is 7.91. The molecule has 3 rings (SSSR count). The zero-order chi connectivity index (χ0) is 16.6. The number of carbonyl (C=O) groups is 1. The summed E-state index contributed by atoms with van der Waals surface area (Å²) in [6.45, 7) is 1.51. The monoisotopic (exact) mass is 413 g/mol. The smallest absolute Gasteiger partial charge is 0.252 e. The number of nitrogens with two attached hydrogens (primary N) is 1. The molecule has 2 heterocycles. The standard InChI is InChI=1S/C14H20ClN3O3S2.ClH/c15-12-3-4-13(22-12)23(20,21)18-7-5-17(6-8-18)14(19)10-1-2-11(16)9-10;/h3-4,10-11H,1-2,5-9,16H2;1H. The van der Waals surface area contributed by atoms with Crippen molar-refractivity contribution in [2.45, 2.75) is 29.5 Å². The number of hydrogen-bond donors (Lipinski definition) is 1. The minimum atomic E-state index is -3.51. The summed E-state index contributed by atoms with van der Waals surface area (Å²) in [5.74, 6) is 0.124. The van der Waals surface area contributed by atoms with Gasteiger partial charge in [-0.05, 0) is 31.4 Å². The van der Waals surface area contributed by atoms with Gasteiger partial charge in [0.15, 0.2) is 0 Å². The topological polar surface area (TPSA) is 83.7 Å². The summed E-state index contributed by atoms with van der Waals surface area (Å²) in [5.41, 5.74) is 5.87.